The lowest BCUT2D eigenvalue weighted by Crippen LogP contribution is -2.05. The molecule has 0 spiro atoms. The molecule has 88 valence electrons. The molecule has 0 unspecified atom stereocenters. The maximum absolute atomic E-state index is 13.6. The predicted octanol–water partition coefficient (Wildman–Crippen LogP) is 2.66. The van der Waals surface area contributed by atoms with Gasteiger partial charge in [-0.2, -0.15) is 5.10 Å². The Balaban J connectivity index is 2.73. The van der Waals surface area contributed by atoms with Crippen LogP contribution in [0.25, 0.3) is 5.69 Å². The third-order valence-corrected chi connectivity index (χ3v) is 2.58. The van der Waals surface area contributed by atoms with Gasteiger partial charge in [-0.25, -0.2) is 13.5 Å². The minimum absolute atomic E-state index is 0.502. The van der Waals surface area contributed by atoms with E-state index in [1.807, 2.05) is 22.6 Å². The van der Waals surface area contributed by atoms with Gasteiger partial charge in [-0.15, -0.1) is 0 Å². The maximum atomic E-state index is 13.6. The molecule has 0 fully saturated rings. The Hall–Kier alpha value is -1.58. The Kier molecular flexibility index (Phi) is 3.05. The zero-order chi connectivity index (χ0) is 12.6. The second-order valence-electron chi connectivity index (χ2n) is 3.09. The van der Waals surface area contributed by atoms with E-state index in [0.29, 0.717) is 9.64 Å². The van der Waals surface area contributed by atoms with E-state index in [0.717, 1.165) is 10.7 Å². The summed E-state index contributed by atoms with van der Waals surface area (Å²) in [6, 6.07) is 1.62. The van der Waals surface area contributed by atoms with Crippen molar-refractivity contribution in [3.8, 4) is 5.69 Å². The first kappa shape index (κ1) is 11.9. The average molecular weight is 351 g/mol. The molecule has 2 aromatic rings. The lowest BCUT2D eigenvalue weighted by Gasteiger charge is -2.04. The van der Waals surface area contributed by atoms with E-state index in [1.165, 1.54) is 12.4 Å². The highest BCUT2D eigenvalue weighted by molar-refractivity contribution is 14.1. The standard InChI is InChI=1S/C9H4F2IN3O2/c10-6-1-2-7(15(16)17)9(8(6)11)14-4-5(12)3-13-14/h1-4H. The number of hydrogen-bond donors (Lipinski definition) is 0. The number of nitro benzene ring substituents is 1. The predicted molar refractivity (Wildman–Crippen MR) is 62.9 cm³/mol. The van der Waals surface area contributed by atoms with E-state index < -0.39 is 27.9 Å². The molecule has 1 aromatic carbocycles. The fourth-order valence-electron chi connectivity index (χ4n) is 1.32. The Morgan fingerprint density at radius 1 is 1.41 bits per heavy atom. The van der Waals surface area contributed by atoms with Crippen molar-refractivity contribution in [1.82, 2.24) is 9.78 Å². The molecule has 0 N–H and O–H groups in total. The van der Waals surface area contributed by atoms with E-state index in [1.54, 1.807) is 0 Å². The number of aromatic nitrogens is 2. The largest absolute Gasteiger partial charge is 0.298 e. The van der Waals surface area contributed by atoms with Crippen molar-refractivity contribution in [3.05, 3.63) is 49.8 Å². The van der Waals surface area contributed by atoms with Gasteiger partial charge in [0.1, 0.15) is 0 Å². The molecule has 1 aromatic heterocycles. The van der Waals surface area contributed by atoms with E-state index in [4.69, 9.17) is 0 Å². The van der Waals surface area contributed by atoms with Gasteiger partial charge in [0.05, 0.1) is 14.7 Å². The van der Waals surface area contributed by atoms with Crippen LogP contribution < -0.4 is 0 Å². The SMILES string of the molecule is O=[N+]([O-])c1ccc(F)c(F)c1-n1cc(I)cn1. The molecular weight excluding hydrogens is 347 g/mol. The van der Waals surface area contributed by atoms with Crippen LogP contribution in [-0.2, 0) is 0 Å². The van der Waals surface area contributed by atoms with Crippen molar-refractivity contribution in [2.24, 2.45) is 0 Å². The number of benzene rings is 1. The van der Waals surface area contributed by atoms with Crippen LogP contribution in [0.3, 0.4) is 0 Å². The summed E-state index contributed by atoms with van der Waals surface area (Å²) in [5.41, 5.74) is -1.04. The van der Waals surface area contributed by atoms with E-state index >= 15 is 0 Å². The highest BCUT2D eigenvalue weighted by atomic mass is 127. The monoisotopic (exact) mass is 351 g/mol. The van der Waals surface area contributed by atoms with Crippen molar-refractivity contribution in [1.29, 1.82) is 0 Å². The van der Waals surface area contributed by atoms with Gasteiger partial charge in [-0.05, 0) is 28.7 Å². The number of nitro groups is 1. The molecule has 8 heteroatoms. The Morgan fingerprint density at radius 3 is 2.65 bits per heavy atom. The van der Waals surface area contributed by atoms with Crippen LogP contribution in [0.1, 0.15) is 0 Å². The van der Waals surface area contributed by atoms with Crippen LogP contribution in [0.15, 0.2) is 24.5 Å². The van der Waals surface area contributed by atoms with Crippen LogP contribution in [0.5, 0.6) is 0 Å². The molecule has 0 radical (unpaired) electrons. The molecule has 5 nitrogen and oxygen atoms in total. The lowest BCUT2D eigenvalue weighted by atomic mass is 10.2. The van der Waals surface area contributed by atoms with Gasteiger partial charge in [0.2, 0.25) is 0 Å². The van der Waals surface area contributed by atoms with E-state index in [-0.39, 0.29) is 0 Å². The summed E-state index contributed by atoms with van der Waals surface area (Å²) in [7, 11) is 0. The van der Waals surface area contributed by atoms with Crippen molar-refractivity contribution in [3.63, 3.8) is 0 Å². The first-order valence-corrected chi connectivity index (χ1v) is 5.41. The van der Waals surface area contributed by atoms with Crippen molar-refractivity contribution < 1.29 is 13.7 Å². The Bertz CT molecular complexity index is 600. The second kappa shape index (κ2) is 4.35. The Labute approximate surface area is 107 Å². The highest BCUT2D eigenvalue weighted by Crippen LogP contribution is 2.27. The second-order valence-corrected chi connectivity index (χ2v) is 4.33. The van der Waals surface area contributed by atoms with Gasteiger partial charge < -0.3 is 0 Å². The zero-order valence-corrected chi connectivity index (χ0v) is 10.3. The van der Waals surface area contributed by atoms with Gasteiger partial charge in [-0.1, -0.05) is 0 Å². The van der Waals surface area contributed by atoms with Gasteiger partial charge in [-0.3, -0.25) is 10.1 Å². The molecule has 0 amide bonds. The quantitative estimate of drug-likeness (QED) is 0.475. The Morgan fingerprint density at radius 2 is 2.12 bits per heavy atom. The third-order valence-electron chi connectivity index (χ3n) is 2.02. The van der Waals surface area contributed by atoms with Gasteiger partial charge >= 0.3 is 0 Å². The first-order chi connectivity index (χ1) is 8.00. The highest BCUT2D eigenvalue weighted by Gasteiger charge is 2.23. The van der Waals surface area contributed by atoms with Crippen LogP contribution in [0.4, 0.5) is 14.5 Å². The van der Waals surface area contributed by atoms with Crippen LogP contribution >= 0.6 is 22.6 Å². The number of halogens is 3. The molecule has 0 bridgehead atoms. The van der Waals surface area contributed by atoms with Crippen molar-refractivity contribution >= 4 is 28.3 Å². The summed E-state index contributed by atoms with van der Waals surface area (Å²) < 4.78 is 28.2. The zero-order valence-electron chi connectivity index (χ0n) is 8.10. The molecule has 2 rings (SSSR count). The molecule has 0 saturated heterocycles. The summed E-state index contributed by atoms with van der Waals surface area (Å²) in [5, 5.41) is 14.5. The minimum atomic E-state index is -1.29. The van der Waals surface area contributed by atoms with E-state index in [9.17, 15) is 18.9 Å². The van der Waals surface area contributed by atoms with Gasteiger partial charge in [0, 0.05) is 12.3 Å². The molecule has 1 heterocycles. The summed E-state index contributed by atoms with van der Waals surface area (Å²) in [6.45, 7) is 0. The number of nitrogens with zero attached hydrogens (tertiary/aromatic N) is 3. The maximum Gasteiger partial charge on any atom is 0.298 e. The topological polar surface area (TPSA) is 61.0 Å². The summed E-state index contributed by atoms with van der Waals surface area (Å²) in [5.74, 6) is -2.45. The van der Waals surface area contributed by atoms with Gasteiger partial charge in [0.15, 0.2) is 17.3 Å². The molecule has 17 heavy (non-hydrogen) atoms. The van der Waals surface area contributed by atoms with Gasteiger partial charge in [0.25, 0.3) is 5.69 Å². The van der Waals surface area contributed by atoms with Crippen molar-refractivity contribution in [2.45, 2.75) is 0 Å². The molecule has 0 aliphatic carbocycles. The lowest BCUT2D eigenvalue weighted by molar-refractivity contribution is -0.384. The molecular formula is C9H4F2IN3O2. The fourth-order valence-corrected chi connectivity index (χ4v) is 1.71. The minimum Gasteiger partial charge on any atom is -0.258 e. The number of hydrogen-bond acceptors (Lipinski definition) is 3. The molecule has 0 aliphatic rings. The molecule has 0 saturated carbocycles. The summed E-state index contributed by atoms with van der Waals surface area (Å²) >= 11 is 1.91. The summed E-state index contributed by atoms with van der Waals surface area (Å²) in [4.78, 5) is 9.95. The average Bonchev–Trinajstić information content (AvgIpc) is 2.68. The molecule has 0 atom stereocenters. The molecule has 0 aliphatic heterocycles. The van der Waals surface area contributed by atoms with E-state index in [2.05, 4.69) is 5.10 Å². The number of rotatable bonds is 2. The first-order valence-electron chi connectivity index (χ1n) is 4.33. The summed E-state index contributed by atoms with van der Waals surface area (Å²) in [6.07, 6.45) is 2.75. The van der Waals surface area contributed by atoms with Crippen LogP contribution in [0.2, 0.25) is 0 Å². The third kappa shape index (κ3) is 2.12. The van der Waals surface area contributed by atoms with Crippen LogP contribution in [-0.4, -0.2) is 14.7 Å². The van der Waals surface area contributed by atoms with Crippen molar-refractivity contribution in [2.75, 3.05) is 0 Å². The fraction of sp³-hybridized carbons (Fsp3) is 0. The normalized spacial score (nSPS) is 10.5. The van der Waals surface area contributed by atoms with Crippen LogP contribution in [0, 0.1) is 25.3 Å². The smallest absolute Gasteiger partial charge is 0.258 e.